The van der Waals surface area contributed by atoms with Gasteiger partial charge < -0.3 is 10.1 Å². The Balaban J connectivity index is 1.96. The van der Waals surface area contributed by atoms with Gasteiger partial charge in [-0.1, -0.05) is 6.92 Å². The maximum atomic E-state index is 5.40. The van der Waals surface area contributed by atoms with Gasteiger partial charge >= 0.3 is 0 Å². The number of ether oxygens (including phenoxy) is 1. The van der Waals surface area contributed by atoms with Gasteiger partial charge in [0, 0.05) is 25.6 Å². The van der Waals surface area contributed by atoms with Crippen molar-refractivity contribution < 1.29 is 4.74 Å². The van der Waals surface area contributed by atoms with Crippen LogP contribution in [0.2, 0.25) is 0 Å². The zero-order chi connectivity index (χ0) is 11.9. The SMILES string of the molecule is CCNC(CC1CCOCC1)c1ncccn1. The van der Waals surface area contributed by atoms with E-state index in [1.165, 1.54) is 0 Å². The van der Waals surface area contributed by atoms with E-state index in [1.807, 2.05) is 18.5 Å². The van der Waals surface area contributed by atoms with E-state index in [2.05, 4.69) is 22.2 Å². The van der Waals surface area contributed by atoms with Crippen molar-refractivity contribution in [2.75, 3.05) is 19.8 Å². The van der Waals surface area contributed by atoms with E-state index < -0.39 is 0 Å². The average Bonchev–Trinajstić information content (AvgIpc) is 2.40. The highest BCUT2D eigenvalue weighted by Crippen LogP contribution is 2.25. The van der Waals surface area contributed by atoms with Crippen LogP contribution in [0.1, 0.15) is 38.1 Å². The fourth-order valence-corrected chi connectivity index (χ4v) is 2.33. The monoisotopic (exact) mass is 235 g/mol. The highest BCUT2D eigenvalue weighted by molar-refractivity contribution is 4.96. The van der Waals surface area contributed by atoms with Crippen molar-refractivity contribution >= 4 is 0 Å². The molecule has 1 aliphatic heterocycles. The van der Waals surface area contributed by atoms with Crippen LogP contribution in [0.5, 0.6) is 0 Å². The van der Waals surface area contributed by atoms with Crippen LogP contribution in [0.4, 0.5) is 0 Å². The Hall–Kier alpha value is -1.00. The molecule has 0 saturated carbocycles. The summed E-state index contributed by atoms with van der Waals surface area (Å²) < 4.78 is 5.40. The molecule has 1 saturated heterocycles. The number of nitrogens with one attached hydrogen (secondary N) is 1. The molecule has 0 spiro atoms. The van der Waals surface area contributed by atoms with E-state index in [0.717, 1.165) is 50.8 Å². The molecule has 2 heterocycles. The lowest BCUT2D eigenvalue weighted by atomic mass is 9.92. The zero-order valence-electron chi connectivity index (χ0n) is 10.4. The fraction of sp³-hybridized carbons (Fsp3) is 0.692. The molecule has 1 aromatic heterocycles. The van der Waals surface area contributed by atoms with E-state index in [9.17, 15) is 0 Å². The highest BCUT2D eigenvalue weighted by Gasteiger charge is 2.21. The van der Waals surface area contributed by atoms with Crippen LogP contribution in [-0.2, 0) is 4.74 Å². The minimum atomic E-state index is 0.282. The summed E-state index contributed by atoms with van der Waals surface area (Å²) in [4.78, 5) is 8.72. The summed E-state index contributed by atoms with van der Waals surface area (Å²) in [5.74, 6) is 1.65. The number of aromatic nitrogens is 2. The van der Waals surface area contributed by atoms with Crippen LogP contribution in [0.25, 0.3) is 0 Å². The van der Waals surface area contributed by atoms with Crippen molar-refractivity contribution in [1.82, 2.24) is 15.3 Å². The van der Waals surface area contributed by atoms with Gasteiger partial charge in [-0.3, -0.25) is 0 Å². The molecule has 1 fully saturated rings. The molecule has 0 aliphatic carbocycles. The van der Waals surface area contributed by atoms with E-state index in [1.54, 1.807) is 0 Å². The third-order valence-electron chi connectivity index (χ3n) is 3.26. The topological polar surface area (TPSA) is 47.0 Å². The molecule has 0 aromatic carbocycles. The molecule has 1 aromatic rings. The van der Waals surface area contributed by atoms with Crippen LogP contribution in [0.15, 0.2) is 18.5 Å². The molecule has 94 valence electrons. The number of hydrogen-bond acceptors (Lipinski definition) is 4. The summed E-state index contributed by atoms with van der Waals surface area (Å²) in [5, 5.41) is 3.48. The molecular formula is C13H21N3O. The predicted octanol–water partition coefficient (Wildman–Crippen LogP) is 1.94. The van der Waals surface area contributed by atoms with Gasteiger partial charge in [-0.2, -0.15) is 0 Å². The maximum absolute atomic E-state index is 5.40. The Labute approximate surface area is 103 Å². The molecule has 4 heteroatoms. The summed E-state index contributed by atoms with van der Waals surface area (Å²) in [6.07, 6.45) is 7.07. The molecule has 2 rings (SSSR count). The van der Waals surface area contributed by atoms with E-state index in [-0.39, 0.29) is 6.04 Å². The van der Waals surface area contributed by atoms with Crippen molar-refractivity contribution in [2.24, 2.45) is 5.92 Å². The lowest BCUT2D eigenvalue weighted by molar-refractivity contribution is 0.0602. The molecule has 1 unspecified atom stereocenters. The maximum Gasteiger partial charge on any atom is 0.145 e. The largest absolute Gasteiger partial charge is 0.381 e. The lowest BCUT2D eigenvalue weighted by Crippen LogP contribution is -2.27. The predicted molar refractivity (Wildman–Crippen MR) is 66.6 cm³/mol. The molecular weight excluding hydrogens is 214 g/mol. The van der Waals surface area contributed by atoms with Gasteiger partial charge in [0.15, 0.2) is 0 Å². The molecule has 1 atom stereocenters. The Morgan fingerprint density at radius 3 is 2.71 bits per heavy atom. The Morgan fingerprint density at radius 2 is 2.06 bits per heavy atom. The van der Waals surface area contributed by atoms with Gasteiger partial charge in [0.1, 0.15) is 5.82 Å². The van der Waals surface area contributed by atoms with E-state index in [0.29, 0.717) is 0 Å². The van der Waals surface area contributed by atoms with Gasteiger partial charge in [0.25, 0.3) is 0 Å². The van der Waals surface area contributed by atoms with E-state index in [4.69, 9.17) is 4.74 Å². The molecule has 4 nitrogen and oxygen atoms in total. The summed E-state index contributed by atoms with van der Waals surface area (Å²) in [7, 11) is 0. The Kier molecular flexibility index (Phi) is 4.88. The normalized spacial score (nSPS) is 19.1. The number of hydrogen-bond donors (Lipinski definition) is 1. The van der Waals surface area contributed by atoms with Crippen LogP contribution in [0.3, 0.4) is 0 Å². The standard InChI is InChI=1S/C13H21N3O/c1-2-14-12(13-15-6-3-7-16-13)10-11-4-8-17-9-5-11/h3,6-7,11-12,14H,2,4-5,8-10H2,1H3. The minimum absolute atomic E-state index is 0.282. The first-order valence-corrected chi connectivity index (χ1v) is 6.48. The molecule has 0 amide bonds. The summed E-state index contributed by atoms with van der Waals surface area (Å²) in [6, 6.07) is 2.14. The van der Waals surface area contributed by atoms with Gasteiger partial charge in [-0.05, 0) is 37.8 Å². The van der Waals surface area contributed by atoms with Crippen molar-refractivity contribution in [1.29, 1.82) is 0 Å². The molecule has 1 N–H and O–H groups in total. The molecule has 0 bridgehead atoms. The molecule has 0 radical (unpaired) electrons. The first-order chi connectivity index (χ1) is 8.40. The van der Waals surface area contributed by atoms with Crippen molar-refractivity contribution in [3.05, 3.63) is 24.3 Å². The van der Waals surface area contributed by atoms with Gasteiger partial charge in [-0.25, -0.2) is 9.97 Å². The van der Waals surface area contributed by atoms with Crippen LogP contribution in [0, 0.1) is 5.92 Å². The second-order valence-electron chi connectivity index (χ2n) is 4.51. The smallest absolute Gasteiger partial charge is 0.145 e. The average molecular weight is 235 g/mol. The summed E-state index contributed by atoms with van der Waals surface area (Å²) in [5.41, 5.74) is 0. The van der Waals surface area contributed by atoms with Gasteiger partial charge in [0.05, 0.1) is 6.04 Å². The van der Waals surface area contributed by atoms with Crippen LogP contribution >= 0.6 is 0 Å². The van der Waals surface area contributed by atoms with Crippen molar-refractivity contribution in [3.63, 3.8) is 0 Å². The van der Waals surface area contributed by atoms with Gasteiger partial charge in [-0.15, -0.1) is 0 Å². The highest BCUT2D eigenvalue weighted by atomic mass is 16.5. The number of nitrogens with zero attached hydrogens (tertiary/aromatic N) is 2. The van der Waals surface area contributed by atoms with Crippen LogP contribution < -0.4 is 5.32 Å². The number of rotatable bonds is 5. The molecule has 1 aliphatic rings. The third kappa shape index (κ3) is 3.75. The molecule has 17 heavy (non-hydrogen) atoms. The van der Waals surface area contributed by atoms with Crippen molar-refractivity contribution in [3.8, 4) is 0 Å². The Bertz CT molecular complexity index is 312. The fourth-order valence-electron chi connectivity index (χ4n) is 2.33. The summed E-state index contributed by atoms with van der Waals surface area (Å²) in [6.45, 7) is 4.88. The quantitative estimate of drug-likeness (QED) is 0.847. The Morgan fingerprint density at radius 1 is 1.35 bits per heavy atom. The zero-order valence-corrected chi connectivity index (χ0v) is 10.4. The second kappa shape index (κ2) is 6.67. The lowest BCUT2D eigenvalue weighted by Gasteiger charge is -2.26. The van der Waals surface area contributed by atoms with Gasteiger partial charge in [0.2, 0.25) is 0 Å². The van der Waals surface area contributed by atoms with E-state index >= 15 is 0 Å². The van der Waals surface area contributed by atoms with Crippen molar-refractivity contribution in [2.45, 2.75) is 32.2 Å². The minimum Gasteiger partial charge on any atom is -0.381 e. The first-order valence-electron chi connectivity index (χ1n) is 6.48. The summed E-state index contributed by atoms with van der Waals surface area (Å²) >= 11 is 0. The van der Waals surface area contributed by atoms with Crippen LogP contribution in [-0.4, -0.2) is 29.7 Å². The first kappa shape index (κ1) is 12.5. The second-order valence-corrected chi connectivity index (χ2v) is 4.51. The third-order valence-corrected chi connectivity index (χ3v) is 3.26.